The highest BCUT2D eigenvalue weighted by Crippen LogP contribution is 2.44. The van der Waals surface area contributed by atoms with Crippen LogP contribution >= 0.6 is 0 Å². The molecule has 1 N–H and O–H groups in total. The topological polar surface area (TPSA) is 48.3 Å². The zero-order valence-electron chi connectivity index (χ0n) is 13.8. The molecule has 21 heavy (non-hydrogen) atoms. The van der Waals surface area contributed by atoms with Gasteiger partial charge in [-0.3, -0.25) is 4.68 Å². The van der Waals surface area contributed by atoms with E-state index in [4.69, 9.17) is 9.47 Å². The van der Waals surface area contributed by atoms with Crippen LogP contribution in [0.4, 0.5) is 0 Å². The molecule has 1 heterocycles. The number of ether oxygens (including phenoxy) is 2. The first-order chi connectivity index (χ1) is 10.2. The Labute approximate surface area is 128 Å². The van der Waals surface area contributed by atoms with Gasteiger partial charge < -0.3 is 14.8 Å². The van der Waals surface area contributed by atoms with Crippen molar-refractivity contribution in [2.24, 2.45) is 0 Å². The van der Waals surface area contributed by atoms with Crippen molar-refractivity contribution in [3.05, 3.63) is 11.9 Å². The molecule has 120 valence electrons. The van der Waals surface area contributed by atoms with Gasteiger partial charge in [0.25, 0.3) is 0 Å². The maximum atomic E-state index is 6.02. The standard InChI is InChI=1S/C16H29N3O2/c1-5-11-17-15(16(21-4)9-7-8-10-16)14-13(20-3)12-18-19(14)6-2/h12,15,17H,5-11H2,1-4H3. The molecular weight excluding hydrogens is 266 g/mol. The Bertz CT molecular complexity index is 417. The van der Waals surface area contributed by atoms with E-state index in [2.05, 4.69) is 24.3 Å². The minimum atomic E-state index is -0.143. The van der Waals surface area contributed by atoms with Crippen LogP contribution in [0.5, 0.6) is 5.75 Å². The molecule has 2 rings (SSSR count). The van der Waals surface area contributed by atoms with Crippen molar-refractivity contribution in [3.63, 3.8) is 0 Å². The number of aryl methyl sites for hydroxylation is 1. The first-order valence-corrected chi connectivity index (χ1v) is 8.10. The number of nitrogens with one attached hydrogen (secondary N) is 1. The Balaban J connectivity index is 2.42. The van der Waals surface area contributed by atoms with E-state index >= 15 is 0 Å². The molecule has 5 nitrogen and oxygen atoms in total. The zero-order chi connectivity index (χ0) is 15.3. The van der Waals surface area contributed by atoms with E-state index < -0.39 is 0 Å². The number of hydrogen-bond acceptors (Lipinski definition) is 4. The summed E-state index contributed by atoms with van der Waals surface area (Å²) in [4.78, 5) is 0. The van der Waals surface area contributed by atoms with Gasteiger partial charge in [0.15, 0.2) is 5.75 Å². The van der Waals surface area contributed by atoms with Crippen LogP contribution in [0.25, 0.3) is 0 Å². The van der Waals surface area contributed by atoms with Gasteiger partial charge in [0.05, 0.1) is 24.9 Å². The van der Waals surface area contributed by atoms with Crippen LogP contribution in [0.3, 0.4) is 0 Å². The highest BCUT2D eigenvalue weighted by Gasteiger charge is 2.44. The molecule has 0 saturated heterocycles. The van der Waals surface area contributed by atoms with Gasteiger partial charge in [-0.05, 0) is 32.7 Å². The summed E-state index contributed by atoms with van der Waals surface area (Å²) >= 11 is 0. The molecule has 1 fully saturated rings. The molecule has 1 aromatic heterocycles. The second kappa shape index (κ2) is 7.27. The molecule has 0 amide bonds. The molecule has 5 heteroatoms. The van der Waals surface area contributed by atoms with Crippen molar-refractivity contribution in [1.29, 1.82) is 0 Å². The third-order valence-corrected chi connectivity index (χ3v) is 4.62. The van der Waals surface area contributed by atoms with Gasteiger partial charge in [0.2, 0.25) is 0 Å². The second-order valence-electron chi connectivity index (χ2n) is 5.78. The molecular formula is C16H29N3O2. The molecule has 1 saturated carbocycles. The average Bonchev–Trinajstić information content (AvgIpc) is 3.15. The van der Waals surface area contributed by atoms with Crippen LogP contribution in [0.2, 0.25) is 0 Å². The molecule has 1 aliphatic carbocycles. The van der Waals surface area contributed by atoms with Gasteiger partial charge in [-0.1, -0.05) is 19.8 Å². The van der Waals surface area contributed by atoms with Gasteiger partial charge in [-0.25, -0.2) is 0 Å². The largest absolute Gasteiger partial charge is 0.493 e. The monoisotopic (exact) mass is 295 g/mol. The lowest BCUT2D eigenvalue weighted by atomic mass is 9.89. The average molecular weight is 295 g/mol. The highest BCUT2D eigenvalue weighted by molar-refractivity contribution is 5.31. The van der Waals surface area contributed by atoms with E-state index in [0.717, 1.165) is 43.8 Å². The molecule has 0 aromatic carbocycles. The summed E-state index contributed by atoms with van der Waals surface area (Å²) < 4.78 is 13.6. The van der Waals surface area contributed by atoms with Gasteiger partial charge in [-0.15, -0.1) is 0 Å². The molecule has 0 bridgehead atoms. The molecule has 1 unspecified atom stereocenters. The van der Waals surface area contributed by atoms with E-state index in [-0.39, 0.29) is 11.6 Å². The van der Waals surface area contributed by atoms with E-state index in [0.29, 0.717) is 0 Å². The lowest BCUT2D eigenvalue weighted by Gasteiger charge is -2.37. The van der Waals surface area contributed by atoms with Crippen LogP contribution in [0.15, 0.2) is 6.20 Å². The lowest BCUT2D eigenvalue weighted by Crippen LogP contribution is -2.45. The van der Waals surface area contributed by atoms with Crippen molar-refractivity contribution in [2.45, 2.75) is 64.1 Å². The molecule has 1 aliphatic rings. The Kier molecular flexibility index (Phi) is 5.65. The predicted molar refractivity (Wildman–Crippen MR) is 83.7 cm³/mol. The normalized spacial score (nSPS) is 18.9. The van der Waals surface area contributed by atoms with Crippen molar-refractivity contribution in [3.8, 4) is 5.75 Å². The van der Waals surface area contributed by atoms with Crippen LogP contribution in [0, 0.1) is 0 Å². The number of methoxy groups -OCH3 is 2. The van der Waals surface area contributed by atoms with Crippen molar-refractivity contribution < 1.29 is 9.47 Å². The first-order valence-electron chi connectivity index (χ1n) is 8.10. The van der Waals surface area contributed by atoms with Crippen molar-refractivity contribution in [2.75, 3.05) is 20.8 Å². The summed E-state index contributed by atoms with van der Waals surface area (Å²) in [6.45, 7) is 6.10. The SMILES string of the molecule is CCCNC(c1c(OC)cnn1CC)C1(OC)CCCC1. The van der Waals surface area contributed by atoms with Crippen molar-refractivity contribution >= 4 is 0 Å². The highest BCUT2D eigenvalue weighted by atomic mass is 16.5. The van der Waals surface area contributed by atoms with Crippen LogP contribution in [-0.2, 0) is 11.3 Å². The van der Waals surface area contributed by atoms with Gasteiger partial charge >= 0.3 is 0 Å². The Morgan fingerprint density at radius 2 is 2.05 bits per heavy atom. The number of nitrogens with zero attached hydrogens (tertiary/aromatic N) is 2. The minimum Gasteiger partial charge on any atom is -0.493 e. The van der Waals surface area contributed by atoms with E-state index in [1.165, 1.54) is 12.8 Å². The lowest BCUT2D eigenvalue weighted by molar-refractivity contribution is -0.0394. The first kappa shape index (κ1) is 16.3. The molecule has 0 spiro atoms. The third-order valence-electron chi connectivity index (χ3n) is 4.62. The zero-order valence-corrected chi connectivity index (χ0v) is 13.8. The summed E-state index contributed by atoms with van der Waals surface area (Å²) in [5.41, 5.74) is 0.979. The Morgan fingerprint density at radius 1 is 1.33 bits per heavy atom. The Hall–Kier alpha value is -1.07. The smallest absolute Gasteiger partial charge is 0.161 e. The van der Waals surface area contributed by atoms with E-state index in [1.54, 1.807) is 7.11 Å². The maximum absolute atomic E-state index is 6.02. The predicted octanol–water partition coefficient (Wildman–Crippen LogP) is 2.91. The fourth-order valence-electron chi connectivity index (χ4n) is 3.48. The summed E-state index contributed by atoms with van der Waals surface area (Å²) in [5.74, 6) is 0.855. The number of rotatable bonds is 8. The fraction of sp³-hybridized carbons (Fsp3) is 0.812. The summed E-state index contributed by atoms with van der Waals surface area (Å²) in [6.07, 6.45) is 7.53. The molecule has 1 atom stereocenters. The number of aromatic nitrogens is 2. The van der Waals surface area contributed by atoms with Crippen LogP contribution in [0.1, 0.15) is 57.7 Å². The second-order valence-corrected chi connectivity index (χ2v) is 5.78. The van der Waals surface area contributed by atoms with Gasteiger partial charge in [0.1, 0.15) is 5.69 Å². The fourth-order valence-corrected chi connectivity index (χ4v) is 3.48. The third kappa shape index (κ3) is 3.09. The molecule has 0 radical (unpaired) electrons. The molecule has 0 aliphatic heterocycles. The van der Waals surface area contributed by atoms with E-state index in [9.17, 15) is 0 Å². The minimum absolute atomic E-state index is 0.127. The summed E-state index contributed by atoms with van der Waals surface area (Å²) in [6, 6.07) is 0.127. The molecule has 1 aromatic rings. The Morgan fingerprint density at radius 3 is 2.57 bits per heavy atom. The van der Waals surface area contributed by atoms with Gasteiger partial charge in [0, 0.05) is 13.7 Å². The van der Waals surface area contributed by atoms with E-state index in [1.807, 2.05) is 18.0 Å². The quantitative estimate of drug-likeness (QED) is 0.801. The van der Waals surface area contributed by atoms with Crippen LogP contribution in [-0.4, -0.2) is 36.1 Å². The van der Waals surface area contributed by atoms with Crippen LogP contribution < -0.4 is 10.1 Å². The summed E-state index contributed by atoms with van der Waals surface area (Å²) in [5, 5.41) is 8.16. The maximum Gasteiger partial charge on any atom is 0.161 e. The number of hydrogen-bond donors (Lipinski definition) is 1. The summed E-state index contributed by atoms with van der Waals surface area (Å²) in [7, 11) is 3.55. The van der Waals surface area contributed by atoms with Crippen molar-refractivity contribution in [1.82, 2.24) is 15.1 Å². The van der Waals surface area contributed by atoms with Gasteiger partial charge in [-0.2, -0.15) is 5.10 Å².